The molecular weight excluding hydrogens is 422 g/mol. The summed E-state index contributed by atoms with van der Waals surface area (Å²) < 4.78 is 36.6. The predicted molar refractivity (Wildman–Crippen MR) is 136 cm³/mol. The van der Waals surface area contributed by atoms with Gasteiger partial charge in [0.25, 0.3) is 5.56 Å². The second kappa shape index (κ2) is 10.3. The Labute approximate surface area is 207 Å². The lowest BCUT2D eigenvalue weighted by Gasteiger charge is -2.41. The number of piperidine rings is 2. The molecule has 0 saturated carbocycles. The van der Waals surface area contributed by atoms with Crippen molar-refractivity contribution in [1.29, 1.82) is 0 Å². The number of likely N-dealkylation sites (tertiary alicyclic amines) is 2. The molecule has 5 heteroatoms. The van der Waals surface area contributed by atoms with Crippen molar-refractivity contribution in [3.05, 3.63) is 94.9 Å². The Bertz CT molecular complexity index is 1330. The molecule has 5 rings (SSSR count). The van der Waals surface area contributed by atoms with Crippen LogP contribution in [-0.4, -0.2) is 40.0 Å². The highest BCUT2D eigenvalue weighted by Gasteiger charge is 2.32. The number of amides is 2. The summed E-state index contributed by atoms with van der Waals surface area (Å²) in [5, 5.41) is 0. The summed E-state index contributed by atoms with van der Waals surface area (Å²) in [6.07, 6.45) is 0.136. The fourth-order valence-corrected chi connectivity index (χ4v) is 4.80. The summed E-state index contributed by atoms with van der Waals surface area (Å²) in [7, 11) is 0. The molecule has 0 spiro atoms. The topological polar surface area (TPSA) is 45.6 Å². The molecular formula is C29H33N3O2. The van der Waals surface area contributed by atoms with E-state index in [1.54, 1.807) is 45.9 Å². The van der Waals surface area contributed by atoms with Crippen LogP contribution in [0.15, 0.2) is 83.8 Å². The summed E-state index contributed by atoms with van der Waals surface area (Å²) in [5.41, 5.74) is 2.22. The maximum atomic E-state index is 13.7. The minimum absolute atomic E-state index is 0.0489. The Morgan fingerprint density at radius 3 is 2.35 bits per heavy atom. The third-order valence-corrected chi connectivity index (χ3v) is 6.73. The highest BCUT2D eigenvalue weighted by atomic mass is 16.2. The van der Waals surface area contributed by atoms with Gasteiger partial charge in [0.15, 0.2) is 0 Å². The quantitative estimate of drug-likeness (QED) is 0.512. The van der Waals surface area contributed by atoms with E-state index in [-0.39, 0.29) is 30.5 Å². The summed E-state index contributed by atoms with van der Waals surface area (Å²) in [6, 6.07) is 19.7. The van der Waals surface area contributed by atoms with Gasteiger partial charge in [-0.15, -0.1) is 0 Å². The van der Waals surface area contributed by atoms with E-state index in [9.17, 15) is 11.0 Å². The van der Waals surface area contributed by atoms with Gasteiger partial charge < -0.3 is 14.4 Å². The number of urea groups is 1. The average molecular weight is 460 g/mol. The van der Waals surface area contributed by atoms with Gasteiger partial charge in [0.1, 0.15) is 0 Å². The van der Waals surface area contributed by atoms with E-state index in [0.717, 1.165) is 24.0 Å². The lowest BCUT2D eigenvalue weighted by Crippen LogP contribution is -2.49. The van der Waals surface area contributed by atoms with E-state index in [0.29, 0.717) is 25.2 Å². The number of benzene rings is 2. The Hall–Kier alpha value is -3.34. The van der Waals surface area contributed by atoms with Crippen LogP contribution in [0.1, 0.15) is 49.1 Å². The van der Waals surface area contributed by atoms with Gasteiger partial charge in [0.05, 0.1) is 7.39 Å². The van der Waals surface area contributed by atoms with Crippen molar-refractivity contribution < 1.29 is 10.3 Å². The van der Waals surface area contributed by atoms with Crippen molar-refractivity contribution in [2.45, 2.75) is 44.6 Å². The smallest absolute Gasteiger partial charge is 0.320 e. The van der Waals surface area contributed by atoms with Crippen LogP contribution in [0.4, 0.5) is 4.79 Å². The van der Waals surface area contributed by atoms with Gasteiger partial charge in [0, 0.05) is 42.6 Å². The predicted octanol–water partition coefficient (Wildman–Crippen LogP) is 5.57. The summed E-state index contributed by atoms with van der Waals surface area (Å²) >= 11 is 0. The van der Waals surface area contributed by atoms with Crippen LogP contribution >= 0.6 is 0 Å². The SMILES string of the molecule is [2H]C1CCN(C(=O)N2CCC(Cn3ccc(-c4ccccc4)cc3=O)CC2)C([2H])(c2ccccc2)C1([2H])[2H]. The van der Waals surface area contributed by atoms with Crippen LogP contribution in [-0.2, 0) is 6.54 Å². The number of rotatable bonds is 4. The number of carbonyl (C=O) groups excluding carboxylic acids is 1. The Morgan fingerprint density at radius 2 is 1.65 bits per heavy atom. The van der Waals surface area contributed by atoms with Crippen molar-refractivity contribution in [3.63, 3.8) is 0 Å². The van der Waals surface area contributed by atoms with Crippen LogP contribution in [0, 0.1) is 5.92 Å². The maximum absolute atomic E-state index is 13.7. The molecule has 2 aliphatic rings. The first-order valence-corrected chi connectivity index (χ1v) is 12.0. The minimum atomic E-state index is -2.23. The fraction of sp³-hybridized carbons (Fsp3) is 0.379. The number of nitrogens with zero attached hydrogens (tertiary/aromatic N) is 3. The molecule has 1 aromatic heterocycles. The van der Waals surface area contributed by atoms with Crippen molar-refractivity contribution >= 4 is 6.03 Å². The molecule has 2 amide bonds. The number of carbonyl (C=O) groups is 1. The van der Waals surface area contributed by atoms with Gasteiger partial charge in [-0.25, -0.2) is 4.79 Å². The molecule has 2 aromatic carbocycles. The van der Waals surface area contributed by atoms with E-state index < -0.39 is 18.8 Å². The maximum Gasteiger partial charge on any atom is 0.320 e. The summed E-state index contributed by atoms with van der Waals surface area (Å²) in [6.45, 7) is 1.70. The Morgan fingerprint density at radius 1 is 0.941 bits per heavy atom. The monoisotopic (exact) mass is 459 g/mol. The number of hydrogen-bond acceptors (Lipinski definition) is 2. The molecule has 2 unspecified atom stereocenters. The highest BCUT2D eigenvalue weighted by Crippen LogP contribution is 2.32. The average Bonchev–Trinajstić information content (AvgIpc) is 2.94. The number of pyridine rings is 1. The van der Waals surface area contributed by atoms with E-state index in [1.807, 2.05) is 42.6 Å². The van der Waals surface area contributed by atoms with Crippen LogP contribution < -0.4 is 5.56 Å². The molecule has 0 N–H and O–H groups in total. The fourth-order valence-electron chi connectivity index (χ4n) is 4.80. The largest absolute Gasteiger partial charge is 0.325 e. The van der Waals surface area contributed by atoms with Gasteiger partial charge in [-0.3, -0.25) is 4.79 Å². The summed E-state index contributed by atoms with van der Waals surface area (Å²) in [5.74, 6) is 0.236. The third-order valence-electron chi connectivity index (χ3n) is 6.73. The lowest BCUT2D eigenvalue weighted by molar-refractivity contribution is 0.0992. The number of aromatic nitrogens is 1. The van der Waals surface area contributed by atoms with Gasteiger partial charge in [-0.05, 0) is 60.7 Å². The molecule has 2 fully saturated rings. The molecule has 2 saturated heterocycles. The molecule has 0 bridgehead atoms. The first-order chi connectivity index (χ1) is 18.2. The molecule has 0 aliphatic carbocycles. The van der Waals surface area contributed by atoms with Crippen molar-refractivity contribution in [2.75, 3.05) is 19.6 Å². The highest BCUT2D eigenvalue weighted by molar-refractivity contribution is 5.75. The van der Waals surface area contributed by atoms with Crippen molar-refractivity contribution in [3.8, 4) is 11.1 Å². The Kier molecular flexibility index (Phi) is 5.46. The van der Waals surface area contributed by atoms with E-state index in [2.05, 4.69) is 0 Å². The summed E-state index contributed by atoms with van der Waals surface area (Å²) in [4.78, 5) is 29.5. The standard InChI is InChI=1S/C29H33N3O2/c33-28-21-26(24-9-3-1-4-10-24)16-20-31(28)22-23-14-18-30(19-15-23)29(34)32-17-8-7-13-27(32)25-11-5-2-6-12-25/h1-6,9-12,16,20-21,23,27H,7-8,13-15,17-19,22H2/i7D,13D2,27D. The third kappa shape index (κ3) is 4.93. The molecule has 34 heavy (non-hydrogen) atoms. The van der Waals surface area contributed by atoms with Crippen LogP contribution in [0.5, 0.6) is 0 Å². The van der Waals surface area contributed by atoms with Gasteiger partial charge >= 0.3 is 6.03 Å². The van der Waals surface area contributed by atoms with Gasteiger partial charge in [0.2, 0.25) is 0 Å². The zero-order valence-electron chi connectivity index (χ0n) is 23.3. The van der Waals surface area contributed by atoms with Crippen LogP contribution in [0.2, 0.25) is 0 Å². The molecule has 3 aromatic rings. The molecule has 2 aliphatic heterocycles. The molecule has 176 valence electrons. The van der Waals surface area contributed by atoms with Crippen molar-refractivity contribution in [2.24, 2.45) is 5.92 Å². The Balaban J connectivity index is 1.27. The molecule has 2 atom stereocenters. The van der Waals surface area contributed by atoms with Gasteiger partial charge in [-0.2, -0.15) is 0 Å². The first kappa shape index (κ1) is 18.0. The van der Waals surface area contributed by atoms with E-state index in [1.165, 1.54) is 4.90 Å². The first-order valence-electron chi connectivity index (χ1n) is 14.1. The second-order valence-corrected chi connectivity index (χ2v) is 8.99. The lowest BCUT2D eigenvalue weighted by atomic mass is 9.94. The minimum Gasteiger partial charge on any atom is -0.325 e. The zero-order valence-corrected chi connectivity index (χ0v) is 19.3. The molecule has 3 heterocycles. The second-order valence-electron chi connectivity index (χ2n) is 8.99. The number of hydrogen-bond donors (Lipinski definition) is 0. The van der Waals surface area contributed by atoms with E-state index in [4.69, 9.17) is 4.11 Å². The van der Waals surface area contributed by atoms with Crippen LogP contribution in [0.25, 0.3) is 11.1 Å². The van der Waals surface area contributed by atoms with Crippen molar-refractivity contribution in [1.82, 2.24) is 14.4 Å². The molecule has 5 nitrogen and oxygen atoms in total. The molecule has 0 radical (unpaired) electrons. The van der Waals surface area contributed by atoms with Gasteiger partial charge in [-0.1, -0.05) is 60.7 Å². The normalized spacial score (nSPS) is 26.8. The van der Waals surface area contributed by atoms with Crippen LogP contribution in [0.3, 0.4) is 0 Å². The van der Waals surface area contributed by atoms with E-state index >= 15 is 0 Å². The zero-order chi connectivity index (χ0) is 26.9.